The van der Waals surface area contributed by atoms with E-state index >= 15 is 0 Å². The van der Waals surface area contributed by atoms with Crippen molar-refractivity contribution in [2.24, 2.45) is 5.92 Å². The average Bonchev–Trinajstić information content (AvgIpc) is 2.77. The third-order valence-corrected chi connectivity index (χ3v) is 6.53. The Morgan fingerprint density at radius 3 is 2.17 bits per heavy atom. The van der Waals surface area contributed by atoms with Crippen molar-refractivity contribution in [3.63, 3.8) is 0 Å². The Bertz CT molecular complexity index is 672. The number of rotatable bonds is 6. The molecule has 2 fully saturated rings. The lowest BCUT2D eigenvalue weighted by Crippen LogP contribution is -2.55. The molecule has 29 heavy (non-hydrogen) atoms. The van der Waals surface area contributed by atoms with Crippen molar-refractivity contribution >= 4 is 11.8 Å². The molecule has 160 valence electrons. The quantitative estimate of drug-likeness (QED) is 0.797. The van der Waals surface area contributed by atoms with Crippen molar-refractivity contribution in [1.29, 1.82) is 0 Å². The number of nitrogens with zero attached hydrogens (tertiary/aromatic N) is 2. The van der Waals surface area contributed by atoms with E-state index in [-0.39, 0.29) is 17.7 Å². The van der Waals surface area contributed by atoms with Crippen LogP contribution in [0.4, 0.5) is 0 Å². The van der Waals surface area contributed by atoms with E-state index in [0.29, 0.717) is 11.6 Å². The van der Waals surface area contributed by atoms with Crippen molar-refractivity contribution in [1.82, 2.24) is 15.1 Å². The summed E-state index contributed by atoms with van der Waals surface area (Å²) in [6, 6.07) is 7.79. The minimum absolute atomic E-state index is 0.0567. The molecule has 0 aromatic heterocycles. The molecular formula is C24H37N3O2. The van der Waals surface area contributed by atoms with Crippen LogP contribution in [-0.4, -0.2) is 59.9 Å². The molecule has 0 spiro atoms. The Hall–Kier alpha value is -1.88. The number of likely N-dealkylation sites (tertiary alicyclic amines) is 2. The van der Waals surface area contributed by atoms with Gasteiger partial charge in [0.05, 0.1) is 0 Å². The molecule has 3 rings (SSSR count). The highest BCUT2D eigenvalue weighted by Gasteiger charge is 2.33. The number of nitrogens with one attached hydrogen (secondary N) is 1. The van der Waals surface area contributed by atoms with Crippen LogP contribution in [0.15, 0.2) is 24.3 Å². The van der Waals surface area contributed by atoms with E-state index in [2.05, 4.69) is 17.1 Å². The normalized spacial score (nSPS) is 19.9. The molecule has 5 nitrogen and oxygen atoms in total. The summed E-state index contributed by atoms with van der Waals surface area (Å²) in [5, 5.41) is 3.00. The molecule has 2 saturated heterocycles. The first-order valence-electron chi connectivity index (χ1n) is 11.4. The standard InChI is InChI=1S/C24H37N3O2/c1-4-19-8-10-20(11-9-19)23(28)25-22(18(2)3)24(29)27-16-12-21(13-17-27)26-14-6-5-7-15-26/h8-11,18,21-22H,4-7,12-17H2,1-3H3,(H,25,28). The third kappa shape index (κ3) is 5.59. The number of hydrogen-bond donors (Lipinski definition) is 1. The van der Waals surface area contributed by atoms with Gasteiger partial charge in [-0.1, -0.05) is 39.3 Å². The zero-order valence-corrected chi connectivity index (χ0v) is 18.3. The van der Waals surface area contributed by atoms with Crippen molar-refractivity contribution in [2.75, 3.05) is 26.2 Å². The lowest BCUT2D eigenvalue weighted by atomic mass is 9.97. The van der Waals surface area contributed by atoms with Gasteiger partial charge in [0.1, 0.15) is 6.04 Å². The summed E-state index contributed by atoms with van der Waals surface area (Å²) in [4.78, 5) is 30.5. The Labute approximate surface area is 175 Å². The van der Waals surface area contributed by atoms with E-state index in [9.17, 15) is 9.59 Å². The number of benzene rings is 1. The second-order valence-electron chi connectivity index (χ2n) is 8.90. The van der Waals surface area contributed by atoms with Crippen molar-refractivity contribution in [3.8, 4) is 0 Å². The van der Waals surface area contributed by atoms with Crippen LogP contribution in [0.3, 0.4) is 0 Å². The van der Waals surface area contributed by atoms with Gasteiger partial charge in [0.25, 0.3) is 5.91 Å². The molecule has 0 bridgehead atoms. The van der Waals surface area contributed by atoms with Gasteiger partial charge in [-0.15, -0.1) is 0 Å². The van der Waals surface area contributed by atoms with Crippen LogP contribution in [-0.2, 0) is 11.2 Å². The summed E-state index contributed by atoms with van der Waals surface area (Å²) in [5.74, 6) is -0.0419. The molecular weight excluding hydrogens is 362 g/mol. The van der Waals surface area contributed by atoms with E-state index < -0.39 is 6.04 Å². The molecule has 2 aliphatic rings. The number of amides is 2. The summed E-state index contributed by atoms with van der Waals surface area (Å²) in [5.41, 5.74) is 1.82. The van der Waals surface area contributed by atoms with Crippen LogP contribution >= 0.6 is 0 Å². The summed E-state index contributed by atoms with van der Waals surface area (Å²) < 4.78 is 0. The molecule has 2 amide bonds. The van der Waals surface area contributed by atoms with E-state index in [1.807, 2.05) is 43.0 Å². The largest absolute Gasteiger partial charge is 0.341 e. The molecule has 1 aromatic carbocycles. The zero-order valence-electron chi connectivity index (χ0n) is 18.3. The number of piperidine rings is 2. The number of carbonyl (C=O) groups is 2. The van der Waals surface area contributed by atoms with Gasteiger partial charge in [-0.05, 0) is 68.8 Å². The highest BCUT2D eigenvalue weighted by Crippen LogP contribution is 2.22. The van der Waals surface area contributed by atoms with E-state index in [1.165, 1.54) is 37.9 Å². The number of hydrogen-bond acceptors (Lipinski definition) is 3. The molecule has 1 atom stereocenters. The zero-order chi connectivity index (χ0) is 20.8. The van der Waals surface area contributed by atoms with Crippen LogP contribution in [0.1, 0.15) is 68.8 Å². The lowest BCUT2D eigenvalue weighted by Gasteiger charge is -2.41. The lowest BCUT2D eigenvalue weighted by molar-refractivity contribution is -0.136. The predicted octanol–water partition coefficient (Wildman–Crippen LogP) is 3.48. The maximum absolute atomic E-state index is 13.2. The SMILES string of the molecule is CCc1ccc(C(=O)NC(C(=O)N2CCC(N3CCCCC3)CC2)C(C)C)cc1. The molecule has 1 aromatic rings. The molecule has 0 aliphatic carbocycles. The third-order valence-electron chi connectivity index (χ3n) is 6.53. The maximum Gasteiger partial charge on any atom is 0.251 e. The number of carbonyl (C=O) groups excluding carboxylic acids is 2. The van der Waals surface area contributed by atoms with E-state index in [0.717, 1.165) is 32.4 Å². The first kappa shape index (κ1) is 21.8. The predicted molar refractivity (Wildman–Crippen MR) is 117 cm³/mol. The second kappa shape index (κ2) is 10.2. The van der Waals surface area contributed by atoms with Gasteiger partial charge in [0.15, 0.2) is 0 Å². The summed E-state index contributed by atoms with van der Waals surface area (Å²) in [7, 11) is 0. The molecule has 2 heterocycles. The maximum atomic E-state index is 13.2. The van der Waals surface area contributed by atoms with Crippen molar-refractivity contribution < 1.29 is 9.59 Å². The summed E-state index contributed by atoms with van der Waals surface area (Å²) in [6.45, 7) is 10.1. The molecule has 1 unspecified atom stereocenters. The van der Waals surface area contributed by atoms with Gasteiger partial charge in [-0.3, -0.25) is 9.59 Å². The Morgan fingerprint density at radius 2 is 1.62 bits per heavy atom. The molecule has 0 saturated carbocycles. The van der Waals surface area contributed by atoms with E-state index in [1.54, 1.807) is 0 Å². The topological polar surface area (TPSA) is 52.7 Å². The Balaban J connectivity index is 1.57. The van der Waals surface area contributed by atoms with Crippen molar-refractivity contribution in [2.45, 2.75) is 71.4 Å². The molecule has 0 radical (unpaired) electrons. The van der Waals surface area contributed by atoms with Gasteiger partial charge in [-0.25, -0.2) is 0 Å². The van der Waals surface area contributed by atoms with Crippen LogP contribution in [0, 0.1) is 5.92 Å². The number of aryl methyl sites for hydroxylation is 1. The van der Waals surface area contributed by atoms with Crippen LogP contribution in [0.5, 0.6) is 0 Å². The van der Waals surface area contributed by atoms with E-state index in [4.69, 9.17) is 0 Å². The first-order valence-corrected chi connectivity index (χ1v) is 11.4. The molecule has 5 heteroatoms. The van der Waals surface area contributed by atoms with Crippen LogP contribution in [0.25, 0.3) is 0 Å². The monoisotopic (exact) mass is 399 g/mol. The second-order valence-corrected chi connectivity index (χ2v) is 8.90. The summed E-state index contributed by atoms with van der Waals surface area (Å²) >= 11 is 0. The van der Waals surface area contributed by atoms with Crippen molar-refractivity contribution in [3.05, 3.63) is 35.4 Å². The van der Waals surface area contributed by atoms with Gasteiger partial charge in [-0.2, -0.15) is 0 Å². The smallest absolute Gasteiger partial charge is 0.251 e. The van der Waals surface area contributed by atoms with Gasteiger partial charge < -0.3 is 15.1 Å². The summed E-state index contributed by atoms with van der Waals surface area (Å²) in [6.07, 6.45) is 7.00. The Kier molecular flexibility index (Phi) is 7.70. The van der Waals surface area contributed by atoms with Crippen LogP contribution in [0.2, 0.25) is 0 Å². The highest BCUT2D eigenvalue weighted by atomic mass is 16.2. The van der Waals surface area contributed by atoms with Gasteiger partial charge >= 0.3 is 0 Å². The minimum atomic E-state index is -0.472. The minimum Gasteiger partial charge on any atom is -0.341 e. The molecule has 2 aliphatic heterocycles. The fourth-order valence-electron chi connectivity index (χ4n) is 4.56. The fraction of sp³-hybridized carbons (Fsp3) is 0.667. The fourth-order valence-corrected chi connectivity index (χ4v) is 4.56. The highest BCUT2D eigenvalue weighted by molar-refractivity contribution is 5.97. The molecule has 1 N–H and O–H groups in total. The average molecular weight is 400 g/mol. The van der Waals surface area contributed by atoms with Gasteiger partial charge in [0, 0.05) is 24.7 Å². The van der Waals surface area contributed by atoms with Crippen LogP contribution < -0.4 is 5.32 Å². The first-order chi connectivity index (χ1) is 14.0. The van der Waals surface area contributed by atoms with Gasteiger partial charge in [0.2, 0.25) is 5.91 Å². The Morgan fingerprint density at radius 1 is 1.00 bits per heavy atom.